The van der Waals surface area contributed by atoms with Crippen molar-refractivity contribution in [3.63, 3.8) is 0 Å². The summed E-state index contributed by atoms with van der Waals surface area (Å²) in [7, 11) is 1.66. The van der Waals surface area contributed by atoms with E-state index >= 15 is 0 Å². The highest BCUT2D eigenvalue weighted by Gasteiger charge is 2.20. The molecule has 4 nitrogen and oxygen atoms in total. The molecule has 0 spiro atoms. The highest BCUT2D eigenvalue weighted by molar-refractivity contribution is 5.93. The number of hydrogen-bond donors (Lipinski definition) is 1. The van der Waals surface area contributed by atoms with Crippen molar-refractivity contribution in [3.8, 4) is 0 Å². The van der Waals surface area contributed by atoms with Crippen molar-refractivity contribution < 1.29 is 4.79 Å². The largest absolute Gasteiger partial charge is 0.352 e. The fourth-order valence-electron chi connectivity index (χ4n) is 1.34. The topological polar surface area (TPSA) is 51.1 Å². The molecule has 0 aliphatic carbocycles. The van der Waals surface area contributed by atoms with Crippen LogP contribution in [0.15, 0.2) is 23.1 Å². The van der Waals surface area contributed by atoms with Crippen LogP contribution in [-0.2, 0) is 7.05 Å². The maximum Gasteiger partial charge on any atom is 0.251 e. The average Bonchev–Trinajstić information content (AvgIpc) is 2.27. The van der Waals surface area contributed by atoms with Crippen molar-refractivity contribution in [1.82, 2.24) is 9.88 Å². The first kappa shape index (κ1) is 14.5. The smallest absolute Gasteiger partial charge is 0.251 e. The van der Waals surface area contributed by atoms with Crippen LogP contribution < -0.4 is 10.9 Å². The second-order valence-corrected chi connectivity index (χ2v) is 5.84. The zero-order valence-electron chi connectivity index (χ0n) is 11.8. The molecule has 1 heterocycles. The molecule has 1 aromatic heterocycles. The first-order chi connectivity index (χ1) is 8.21. The van der Waals surface area contributed by atoms with Crippen LogP contribution in [0.25, 0.3) is 0 Å². The van der Waals surface area contributed by atoms with Crippen LogP contribution in [0.3, 0.4) is 0 Å². The Labute approximate surface area is 108 Å². The van der Waals surface area contributed by atoms with Crippen molar-refractivity contribution in [2.45, 2.75) is 27.7 Å². The van der Waals surface area contributed by atoms with Gasteiger partial charge in [-0.05, 0) is 17.4 Å². The molecule has 0 aliphatic rings. The summed E-state index contributed by atoms with van der Waals surface area (Å²) in [4.78, 5) is 23.3. The van der Waals surface area contributed by atoms with E-state index < -0.39 is 0 Å². The van der Waals surface area contributed by atoms with Crippen molar-refractivity contribution in [3.05, 3.63) is 34.2 Å². The molecule has 1 aromatic rings. The van der Waals surface area contributed by atoms with Gasteiger partial charge in [-0.15, -0.1) is 0 Å². The Hall–Kier alpha value is -1.58. The van der Waals surface area contributed by atoms with E-state index in [0.29, 0.717) is 18.0 Å². The summed E-state index contributed by atoms with van der Waals surface area (Å²) in [6, 6.07) is 3.01. The summed E-state index contributed by atoms with van der Waals surface area (Å²) in [6.45, 7) is 9.13. The molecule has 1 amide bonds. The van der Waals surface area contributed by atoms with Crippen LogP contribution in [0.5, 0.6) is 0 Å². The molecule has 0 bridgehead atoms. The summed E-state index contributed by atoms with van der Waals surface area (Å²) < 4.78 is 1.44. The SMILES string of the molecule is CC(CNC(=O)c1ccn(C)c(=O)c1)C(C)(C)C. The summed E-state index contributed by atoms with van der Waals surface area (Å²) in [5.74, 6) is 0.178. The van der Waals surface area contributed by atoms with Gasteiger partial charge in [0.15, 0.2) is 0 Å². The first-order valence-corrected chi connectivity index (χ1v) is 6.16. The number of nitrogens with zero attached hydrogens (tertiary/aromatic N) is 1. The first-order valence-electron chi connectivity index (χ1n) is 6.16. The predicted octanol–water partition coefficient (Wildman–Crippen LogP) is 1.80. The predicted molar refractivity (Wildman–Crippen MR) is 72.6 cm³/mol. The number of amides is 1. The maximum atomic E-state index is 11.9. The van der Waals surface area contributed by atoms with Gasteiger partial charge in [0, 0.05) is 31.4 Å². The lowest BCUT2D eigenvalue weighted by atomic mass is 9.82. The van der Waals surface area contributed by atoms with Crippen molar-refractivity contribution in [2.75, 3.05) is 6.54 Å². The molecule has 0 fully saturated rings. The molecule has 1 unspecified atom stereocenters. The zero-order valence-corrected chi connectivity index (χ0v) is 11.8. The van der Waals surface area contributed by atoms with Crippen LogP contribution in [0.2, 0.25) is 0 Å². The number of carbonyl (C=O) groups is 1. The van der Waals surface area contributed by atoms with Gasteiger partial charge in [0.25, 0.3) is 11.5 Å². The Bertz CT molecular complexity index is 483. The number of nitrogens with one attached hydrogen (secondary N) is 1. The summed E-state index contributed by atoms with van der Waals surface area (Å²) in [6.07, 6.45) is 1.60. The van der Waals surface area contributed by atoms with Crippen LogP contribution in [0.1, 0.15) is 38.1 Å². The molecule has 0 radical (unpaired) electrons. The van der Waals surface area contributed by atoms with Crippen molar-refractivity contribution >= 4 is 5.91 Å². The number of rotatable bonds is 3. The molecule has 100 valence electrons. The van der Waals surface area contributed by atoms with Gasteiger partial charge in [0.1, 0.15) is 0 Å². The lowest BCUT2D eigenvalue weighted by Gasteiger charge is -2.27. The molecule has 4 heteroatoms. The quantitative estimate of drug-likeness (QED) is 0.889. The van der Waals surface area contributed by atoms with E-state index in [9.17, 15) is 9.59 Å². The highest BCUT2D eigenvalue weighted by atomic mass is 16.2. The molecule has 0 saturated carbocycles. The minimum Gasteiger partial charge on any atom is -0.352 e. The third-order valence-electron chi connectivity index (χ3n) is 3.41. The van der Waals surface area contributed by atoms with E-state index in [-0.39, 0.29) is 16.9 Å². The Morgan fingerprint density at radius 2 is 2.06 bits per heavy atom. The molecule has 18 heavy (non-hydrogen) atoms. The number of hydrogen-bond acceptors (Lipinski definition) is 2. The molecule has 1 N–H and O–H groups in total. The van der Waals surface area contributed by atoms with Gasteiger partial charge in [-0.25, -0.2) is 0 Å². The van der Waals surface area contributed by atoms with E-state index in [1.807, 2.05) is 0 Å². The van der Waals surface area contributed by atoms with Crippen LogP contribution >= 0.6 is 0 Å². The van der Waals surface area contributed by atoms with E-state index in [2.05, 4.69) is 33.0 Å². The monoisotopic (exact) mass is 250 g/mol. The fourth-order valence-corrected chi connectivity index (χ4v) is 1.34. The summed E-state index contributed by atoms with van der Waals surface area (Å²) in [5, 5.41) is 2.86. The lowest BCUT2D eigenvalue weighted by molar-refractivity contribution is 0.0937. The molecule has 0 aromatic carbocycles. The Balaban J connectivity index is 2.66. The van der Waals surface area contributed by atoms with E-state index in [4.69, 9.17) is 0 Å². The van der Waals surface area contributed by atoms with Crippen LogP contribution in [0, 0.1) is 11.3 Å². The molecule has 1 atom stereocenters. The van der Waals surface area contributed by atoms with Gasteiger partial charge >= 0.3 is 0 Å². The summed E-state index contributed by atoms with van der Waals surface area (Å²) >= 11 is 0. The average molecular weight is 250 g/mol. The van der Waals surface area contributed by atoms with Gasteiger partial charge in [-0.2, -0.15) is 0 Å². The van der Waals surface area contributed by atoms with Gasteiger partial charge in [0.2, 0.25) is 0 Å². The normalized spacial score (nSPS) is 13.2. The van der Waals surface area contributed by atoms with Gasteiger partial charge in [0.05, 0.1) is 0 Å². The standard InChI is InChI=1S/C14H22N2O2/c1-10(14(2,3)4)9-15-13(18)11-6-7-16(5)12(17)8-11/h6-8,10H,9H2,1-5H3,(H,15,18). The third-order valence-corrected chi connectivity index (χ3v) is 3.41. The molecule has 0 aliphatic heterocycles. The van der Waals surface area contributed by atoms with Crippen molar-refractivity contribution in [2.24, 2.45) is 18.4 Å². The molecule has 1 rings (SSSR count). The minimum absolute atomic E-state index is 0.153. The van der Waals surface area contributed by atoms with Gasteiger partial charge in [-0.1, -0.05) is 27.7 Å². The second-order valence-electron chi connectivity index (χ2n) is 5.84. The maximum absolute atomic E-state index is 11.9. The molecular formula is C14H22N2O2. The number of pyridine rings is 1. The molecular weight excluding hydrogens is 228 g/mol. The third kappa shape index (κ3) is 3.72. The van der Waals surface area contributed by atoms with Crippen molar-refractivity contribution in [1.29, 1.82) is 0 Å². The number of aryl methyl sites for hydroxylation is 1. The van der Waals surface area contributed by atoms with E-state index in [0.717, 1.165) is 0 Å². The van der Waals surface area contributed by atoms with Gasteiger partial charge < -0.3 is 9.88 Å². The number of aromatic nitrogens is 1. The zero-order chi connectivity index (χ0) is 13.9. The van der Waals surface area contributed by atoms with Gasteiger partial charge in [-0.3, -0.25) is 9.59 Å². The molecule has 0 saturated heterocycles. The van der Waals surface area contributed by atoms with E-state index in [1.54, 1.807) is 19.3 Å². The minimum atomic E-state index is -0.191. The number of carbonyl (C=O) groups excluding carboxylic acids is 1. The van der Waals surface area contributed by atoms with Crippen LogP contribution in [-0.4, -0.2) is 17.0 Å². The highest BCUT2D eigenvalue weighted by Crippen LogP contribution is 2.24. The summed E-state index contributed by atoms with van der Waals surface area (Å²) in [5.41, 5.74) is 0.394. The lowest BCUT2D eigenvalue weighted by Crippen LogP contribution is -2.34. The Morgan fingerprint density at radius 3 is 2.56 bits per heavy atom. The second kappa shape index (κ2) is 5.38. The Kier molecular flexibility index (Phi) is 4.33. The fraction of sp³-hybridized carbons (Fsp3) is 0.571. The van der Waals surface area contributed by atoms with E-state index in [1.165, 1.54) is 10.6 Å². The van der Waals surface area contributed by atoms with Crippen LogP contribution in [0.4, 0.5) is 0 Å². The Morgan fingerprint density at radius 1 is 1.44 bits per heavy atom.